The minimum Gasteiger partial charge on any atom is -0.367 e. The van der Waals surface area contributed by atoms with Gasteiger partial charge in [0.1, 0.15) is 11.4 Å². The number of pyridine rings is 1. The first kappa shape index (κ1) is 16.4. The fraction of sp³-hybridized carbons (Fsp3) is 0.526. The fourth-order valence-corrected chi connectivity index (χ4v) is 3.60. The molecule has 0 radical (unpaired) electrons. The predicted molar refractivity (Wildman–Crippen MR) is 96.3 cm³/mol. The van der Waals surface area contributed by atoms with Gasteiger partial charge in [0, 0.05) is 51.7 Å². The molecule has 0 saturated carbocycles. The maximum absolute atomic E-state index is 5.88. The third-order valence-electron chi connectivity index (χ3n) is 5.14. The van der Waals surface area contributed by atoms with Crippen LogP contribution in [0.4, 0.5) is 5.82 Å². The Morgan fingerprint density at radius 2 is 1.96 bits per heavy atom. The van der Waals surface area contributed by atoms with E-state index in [0.29, 0.717) is 0 Å². The van der Waals surface area contributed by atoms with Crippen LogP contribution >= 0.6 is 0 Å². The first-order valence-electron chi connectivity index (χ1n) is 9.08. The van der Waals surface area contributed by atoms with Gasteiger partial charge >= 0.3 is 0 Å². The highest BCUT2D eigenvalue weighted by atomic mass is 16.5. The quantitative estimate of drug-likeness (QED) is 0.851. The molecule has 2 aliphatic heterocycles. The van der Waals surface area contributed by atoms with Crippen LogP contribution in [0, 0.1) is 0 Å². The van der Waals surface area contributed by atoms with Crippen LogP contribution in [0.15, 0.2) is 36.7 Å². The van der Waals surface area contributed by atoms with E-state index in [9.17, 15) is 0 Å². The molecule has 132 valence electrons. The van der Waals surface area contributed by atoms with Gasteiger partial charge in [-0.1, -0.05) is 6.07 Å². The highest BCUT2D eigenvalue weighted by Gasteiger charge is 2.34. The van der Waals surface area contributed by atoms with Crippen LogP contribution in [0.2, 0.25) is 0 Å². The van der Waals surface area contributed by atoms with E-state index in [4.69, 9.17) is 9.72 Å². The summed E-state index contributed by atoms with van der Waals surface area (Å²) in [6, 6.07) is 8.10. The molecule has 2 aromatic rings. The summed E-state index contributed by atoms with van der Waals surface area (Å²) in [5.74, 6) is 1.90. The maximum Gasteiger partial charge on any atom is 0.160 e. The Hall–Kier alpha value is -2.05. The summed E-state index contributed by atoms with van der Waals surface area (Å²) in [6.07, 6.45) is 5.81. The largest absolute Gasteiger partial charge is 0.367 e. The molecular weight excluding hydrogens is 314 g/mol. The van der Waals surface area contributed by atoms with E-state index in [1.54, 1.807) is 0 Å². The maximum atomic E-state index is 5.88. The van der Waals surface area contributed by atoms with Crippen molar-refractivity contribution >= 4 is 5.82 Å². The summed E-state index contributed by atoms with van der Waals surface area (Å²) in [7, 11) is 0. The number of ether oxygens (including phenoxy) is 1. The molecule has 6 nitrogen and oxygen atoms in total. The molecule has 2 aromatic heterocycles. The molecule has 1 unspecified atom stereocenters. The third kappa shape index (κ3) is 3.65. The standard InChI is InChI=1S/C19H25N5O/c1-19(7-4-14-25-19)18-21-9-6-16(22-18)15-23-10-12-24(13-11-23)17-5-2-3-8-20-17/h2-3,5-6,8-9H,4,7,10-15H2,1H3. The van der Waals surface area contributed by atoms with Gasteiger partial charge in [-0.15, -0.1) is 0 Å². The van der Waals surface area contributed by atoms with Crippen molar-refractivity contribution in [3.05, 3.63) is 48.2 Å². The molecule has 0 aliphatic carbocycles. The zero-order chi connectivity index (χ0) is 17.1. The Labute approximate surface area is 148 Å². The molecule has 0 aromatic carbocycles. The van der Waals surface area contributed by atoms with Gasteiger partial charge in [0.05, 0.1) is 5.69 Å². The molecule has 0 N–H and O–H groups in total. The molecular formula is C19H25N5O. The lowest BCUT2D eigenvalue weighted by Crippen LogP contribution is -2.46. The van der Waals surface area contributed by atoms with Crippen molar-refractivity contribution in [3.8, 4) is 0 Å². The molecule has 0 amide bonds. The summed E-state index contributed by atoms with van der Waals surface area (Å²) >= 11 is 0. The van der Waals surface area contributed by atoms with Crippen LogP contribution in [-0.4, -0.2) is 52.6 Å². The Balaban J connectivity index is 1.37. The number of nitrogens with zero attached hydrogens (tertiary/aromatic N) is 5. The SMILES string of the molecule is CC1(c2nccc(CN3CCN(c4ccccn4)CC3)n2)CCCO1. The lowest BCUT2D eigenvalue weighted by molar-refractivity contribution is 0.00901. The lowest BCUT2D eigenvalue weighted by Gasteiger charge is -2.35. The van der Waals surface area contributed by atoms with E-state index in [1.807, 2.05) is 30.6 Å². The predicted octanol–water partition coefficient (Wildman–Crippen LogP) is 2.22. The summed E-state index contributed by atoms with van der Waals surface area (Å²) in [6.45, 7) is 7.80. The van der Waals surface area contributed by atoms with Crippen molar-refractivity contribution in [2.75, 3.05) is 37.7 Å². The third-order valence-corrected chi connectivity index (χ3v) is 5.14. The van der Waals surface area contributed by atoms with E-state index in [-0.39, 0.29) is 5.60 Å². The molecule has 0 bridgehead atoms. The van der Waals surface area contributed by atoms with Gasteiger partial charge in [-0.2, -0.15) is 0 Å². The number of aromatic nitrogens is 3. The molecule has 6 heteroatoms. The fourth-order valence-electron chi connectivity index (χ4n) is 3.60. The molecule has 0 spiro atoms. The topological polar surface area (TPSA) is 54.4 Å². The Bertz CT molecular complexity index is 694. The van der Waals surface area contributed by atoms with Crippen molar-refractivity contribution < 1.29 is 4.74 Å². The smallest absolute Gasteiger partial charge is 0.160 e. The van der Waals surface area contributed by atoms with E-state index in [2.05, 4.69) is 32.8 Å². The highest BCUT2D eigenvalue weighted by molar-refractivity contribution is 5.38. The van der Waals surface area contributed by atoms with Crippen molar-refractivity contribution in [1.82, 2.24) is 19.9 Å². The van der Waals surface area contributed by atoms with Gasteiger partial charge in [-0.25, -0.2) is 15.0 Å². The summed E-state index contributed by atoms with van der Waals surface area (Å²) < 4.78 is 5.88. The minimum absolute atomic E-state index is 0.312. The van der Waals surface area contributed by atoms with Crippen LogP contribution in [-0.2, 0) is 16.9 Å². The summed E-state index contributed by atoms with van der Waals surface area (Å²) in [5.41, 5.74) is 0.765. The highest BCUT2D eigenvalue weighted by Crippen LogP contribution is 2.33. The van der Waals surface area contributed by atoms with E-state index in [1.165, 1.54) is 0 Å². The van der Waals surface area contributed by atoms with Crippen molar-refractivity contribution in [2.24, 2.45) is 0 Å². The Kier molecular flexibility index (Phi) is 4.63. The molecule has 1 atom stereocenters. The second kappa shape index (κ2) is 7.06. The number of anilines is 1. The number of rotatable bonds is 4. The Morgan fingerprint density at radius 3 is 2.68 bits per heavy atom. The second-order valence-electron chi connectivity index (χ2n) is 7.01. The molecule has 2 saturated heterocycles. The first-order valence-corrected chi connectivity index (χ1v) is 9.08. The van der Waals surface area contributed by atoms with E-state index in [0.717, 1.165) is 69.5 Å². The van der Waals surface area contributed by atoms with Crippen LogP contribution in [0.5, 0.6) is 0 Å². The summed E-state index contributed by atoms with van der Waals surface area (Å²) in [5, 5.41) is 0. The zero-order valence-electron chi connectivity index (χ0n) is 14.8. The van der Waals surface area contributed by atoms with Gasteiger partial charge in [0.25, 0.3) is 0 Å². The molecule has 25 heavy (non-hydrogen) atoms. The summed E-state index contributed by atoms with van der Waals surface area (Å²) in [4.78, 5) is 18.5. The van der Waals surface area contributed by atoms with Gasteiger partial charge in [-0.05, 0) is 38.0 Å². The molecule has 4 heterocycles. The van der Waals surface area contributed by atoms with Crippen LogP contribution in [0.1, 0.15) is 31.3 Å². The number of hydrogen-bond acceptors (Lipinski definition) is 6. The monoisotopic (exact) mass is 339 g/mol. The van der Waals surface area contributed by atoms with E-state index < -0.39 is 0 Å². The Morgan fingerprint density at radius 1 is 1.08 bits per heavy atom. The average molecular weight is 339 g/mol. The minimum atomic E-state index is -0.312. The molecule has 2 fully saturated rings. The van der Waals surface area contributed by atoms with Gasteiger partial charge in [0.2, 0.25) is 0 Å². The van der Waals surface area contributed by atoms with Gasteiger partial charge in [-0.3, -0.25) is 4.90 Å². The van der Waals surface area contributed by atoms with Crippen molar-refractivity contribution in [2.45, 2.75) is 31.9 Å². The second-order valence-corrected chi connectivity index (χ2v) is 7.01. The van der Waals surface area contributed by atoms with Gasteiger partial charge in [0.15, 0.2) is 5.82 Å². The van der Waals surface area contributed by atoms with Crippen LogP contribution in [0.3, 0.4) is 0 Å². The first-order chi connectivity index (χ1) is 12.2. The lowest BCUT2D eigenvalue weighted by atomic mass is 10.0. The molecule has 2 aliphatic rings. The molecule has 4 rings (SSSR count). The van der Waals surface area contributed by atoms with Crippen molar-refractivity contribution in [3.63, 3.8) is 0 Å². The van der Waals surface area contributed by atoms with Crippen LogP contribution in [0.25, 0.3) is 0 Å². The van der Waals surface area contributed by atoms with Crippen LogP contribution < -0.4 is 4.90 Å². The van der Waals surface area contributed by atoms with Gasteiger partial charge < -0.3 is 9.64 Å². The number of piperazine rings is 1. The zero-order valence-corrected chi connectivity index (χ0v) is 14.8. The number of hydrogen-bond donors (Lipinski definition) is 0. The normalized spacial score (nSPS) is 24.6. The average Bonchev–Trinajstić information content (AvgIpc) is 3.11. The van der Waals surface area contributed by atoms with Crippen molar-refractivity contribution in [1.29, 1.82) is 0 Å². The van der Waals surface area contributed by atoms with E-state index >= 15 is 0 Å².